The van der Waals surface area contributed by atoms with Crippen molar-refractivity contribution in [2.75, 3.05) is 17.2 Å². The first-order valence-corrected chi connectivity index (χ1v) is 9.71. The fraction of sp³-hybridized carbons (Fsp3) is 0.476. The molecule has 1 fully saturated rings. The average molecular weight is 397 g/mol. The topological polar surface area (TPSA) is 134 Å². The van der Waals surface area contributed by atoms with Crippen molar-refractivity contribution >= 4 is 11.8 Å². The number of hydrogen-bond acceptors (Lipinski definition) is 8. The molecule has 1 aliphatic carbocycles. The van der Waals surface area contributed by atoms with E-state index < -0.39 is 6.10 Å². The highest BCUT2D eigenvalue weighted by atomic mass is 16.3. The van der Waals surface area contributed by atoms with Gasteiger partial charge in [0.15, 0.2) is 0 Å². The van der Waals surface area contributed by atoms with Crippen molar-refractivity contribution in [1.82, 2.24) is 9.97 Å². The first-order valence-electron chi connectivity index (χ1n) is 9.71. The van der Waals surface area contributed by atoms with Gasteiger partial charge in [0.25, 0.3) is 0 Å². The van der Waals surface area contributed by atoms with E-state index in [0.29, 0.717) is 29.3 Å². The normalized spacial score (nSPS) is 21.8. The molecule has 1 aliphatic rings. The van der Waals surface area contributed by atoms with Crippen molar-refractivity contribution < 1.29 is 15.3 Å². The zero-order chi connectivity index (χ0) is 21.0. The van der Waals surface area contributed by atoms with Crippen LogP contribution < -0.4 is 10.6 Å². The van der Waals surface area contributed by atoms with Crippen LogP contribution in [0.15, 0.2) is 30.5 Å². The first-order chi connectivity index (χ1) is 13.8. The molecule has 1 aromatic carbocycles. The molecule has 2 aromatic rings. The Bertz CT molecular complexity index is 879. The Morgan fingerprint density at radius 2 is 2.00 bits per heavy atom. The van der Waals surface area contributed by atoms with Gasteiger partial charge in [-0.05, 0) is 42.4 Å². The zero-order valence-electron chi connectivity index (χ0n) is 16.6. The lowest BCUT2D eigenvalue weighted by Gasteiger charge is -2.40. The van der Waals surface area contributed by atoms with Crippen LogP contribution in [0.4, 0.5) is 11.8 Å². The third-order valence-corrected chi connectivity index (χ3v) is 5.44. The zero-order valence-corrected chi connectivity index (χ0v) is 16.6. The maximum Gasteiger partial charge on any atom is 0.224 e. The van der Waals surface area contributed by atoms with E-state index >= 15 is 0 Å². The lowest BCUT2D eigenvalue weighted by Crippen LogP contribution is -2.41. The highest BCUT2D eigenvalue weighted by Crippen LogP contribution is 2.37. The maximum atomic E-state index is 10.3. The summed E-state index contributed by atoms with van der Waals surface area (Å²) in [5.41, 5.74) is 0.800. The minimum Gasteiger partial charge on any atom is -0.508 e. The molecular weight excluding hydrogens is 370 g/mol. The Labute approximate surface area is 170 Å². The van der Waals surface area contributed by atoms with Crippen LogP contribution in [-0.4, -0.2) is 44.0 Å². The van der Waals surface area contributed by atoms with Gasteiger partial charge in [0.1, 0.15) is 23.2 Å². The Kier molecular flexibility index (Phi) is 6.20. The van der Waals surface area contributed by atoms with E-state index in [9.17, 15) is 20.6 Å². The third-order valence-electron chi connectivity index (χ3n) is 5.44. The molecule has 0 amide bonds. The Morgan fingerprint density at radius 3 is 2.66 bits per heavy atom. The van der Waals surface area contributed by atoms with Crippen LogP contribution in [0.1, 0.15) is 50.3 Å². The van der Waals surface area contributed by atoms with Gasteiger partial charge in [-0.25, -0.2) is 4.98 Å². The van der Waals surface area contributed by atoms with E-state index in [-0.39, 0.29) is 29.9 Å². The van der Waals surface area contributed by atoms with Crippen LogP contribution in [0, 0.1) is 16.7 Å². The molecule has 0 bridgehead atoms. The minimum absolute atomic E-state index is 0.103. The van der Waals surface area contributed by atoms with Gasteiger partial charge >= 0.3 is 0 Å². The van der Waals surface area contributed by atoms with Crippen molar-refractivity contribution in [2.45, 2.75) is 51.4 Å². The second-order valence-electron chi connectivity index (χ2n) is 8.18. The fourth-order valence-electron chi connectivity index (χ4n) is 3.60. The number of anilines is 2. The van der Waals surface area contributed by atoms with Crippen LogP contribution >= 0.6 is 0 Å². The largest absolute Gasteiger partial charge is 0.508 e. The molecule has 0 saturated heterocycles. The van der Waals surface area contributed by atoms with Gasteiger partial charge < -0.3 is 26.0 Å². The molecule has 8 nitrogen and oxygen atoms in total. The Balaban J connectivity index is 1.67. The molecule has 1 unspecified atom stereocenters. The van der Waals surface area contributed by atoms with Gasteiger partial charge in [-0.1, -0.05) is 26.0 Å². The number of phenols is 1. The molecule has 0 spiro atoms. The van der Waals surface area contributed by atoms with E-state index in [2.05, 4.69) is 26.7 Å². The van der Waals surface area contributed by atoms with Crippen LogP contribution in [0.5, 0.6) is 5.75 Å². The molecule has 29 heavy (non-hydrogen) atoms. The summed E-state index contributed by atoms with van der Waals surface area (Å²) in [6, 6.07) is 8.53. The number of nitrogens with zero attached hydrogens (tertiary/aromatic N) is 3. The first kappa shape index (κ1) is 20.8. The number of aromatic nitrogens is 2. The summed E-state index contributed by atoms with van der Waals surface area (Å²) in [6.07, 6.45) is 2.58. The van der Waals surface area contributed by atoms with E-state index in [1.54, 1.807) is 12.1 Å². The third kappa shape index (κ3) is 5.13. The number of phenolic OH excluding ortho intramolecular Hbond substituents is 1. The quantitative estimate of drug-likeness (QED) is 0.502. The summed E-state index contributed by atoms with van der Waals surface area (Å²) in [5, 5.41) is 45.5. The number of nitriles is 1. The molecule has 0 radical (unpaired) electrons. The van der Waals surface area contributed by atoms with E-state index in [0.717, 1.165) is 12.8 Å². The molecule has 1 aromatic heterocycles. The number of aliphatic hydroxyl groups excluding tert-OH is 2. The molecule has 154 valence electrons. The summed E-state index contributed by atoms with van der Waals surface area (Å²) in [6.45, 7) is 4.25. The van der Waals surface area contributed by atoms with Crippen LogP contribution in [0.25, 0.3) is 0 Å². The van der Waals surface area contributed by atoms with Gasteiger partial charge in [0, 0.05) is 12.6 Å². The summed E-state index contributed by atoms with van der Waals surface area (Å²) in [4.78, 5) is 8.56. The fourth-order valence-corrected chi connectivity index (χ4v) is 3.60. The molecule has 3 atom stereocenters. The molecule has 1 saturated carbocycles. The van der Waals surface area contributed by atoms with Gasteiger partial charge in [-0.3, -0.25) is 0 Å². The standard InChI is InChI=1S/C21H27N5O3/c1-21(2)9-15(5-8-18(21)29)25-19-14(10-22)11-23-20(26-19)24-12-17(28)13-3-6-16(27)7-4-13/h3-4,6-7,11,15,17-18,27-29H,5,8-9,12H2,1-2H3,(H2,23,24,25,26)/t15-,17?,18+/m1/s1. The van der Waals surface area contributed by atoms with E-state index in [1.165, 1.54) is 18.3 Å². The second-order valence-corrected chi connectivity index (χ2v) is 8.18. The van der Waals surface area contributed by atoms with Gasteiger partial charge in [0.05, 0.1) is 18.4 Å². The number of nitrogens with one attached hydrogen (secondary N) is 2. The number of aliphatic hydroxyl groups is 2. The van der Waals surface area contributed by atoms with Crippen molar-refractivity contribution in [3.05, 3.63) is 41.6 Å². The predicted octanol–water partition coefficient (Wildman–Crippen LogP) is 2.55. The highest BCUT2D eigenvalue weighted by molar-refractivity contribution is 5.54. The number of benzene rings is 1. The Hall–Kier alpha value is -2.89. The average Bonchev–Trinajstić information content (AvgIpc) is 2.69. The van der Waals surface area contributed by atoms with Crippen molar-refractivity contribution in [3.8, 4) is 11.8 Å². The van der Waals surface area contributed by atoms with Gasteiger partial charge in [0.2, 0.25) is 5.95 Å². The van der Waals surface area contributed by atoms with Crippen LogP contribution in [-0.2, 0) is 0 Å². The van der Waals surface area contributed by atoms with Crippen LogP contribution in [0.2, 0.25) is 0 Å². The lowest BCUT2D eigenvalue weighted by molar-refractivity contribution is 0.00926. The summed E-state index contributed by atoms with van der Waals surface area (Å²) >= 11 is 0. The van der Waals surface area contributed by atoms with Crippen molar-refractivity contribution in [2.24, 2.45) is 5.41 Å². The molecule has 3 rings (SSSR count). The number of aromatic hydroxyl groups is 1. The van der Waals surface area contributed by atoms with Gasteiger partial charge in [-0.2, -0.15) is 10.2 Å². The lowest BCUT2D eigenvalue weighted by atomic mass is 9.73. The minimum atomic E-state index is -0.799. The maximum absolute atomic E-state index is 10.3. The molecule has 0 aliphatic heterocycles. The SMILES string of the molecule is CC1(C)C[C@H](Nc2nc(NCC(O)c3ccc(O)cc3)ncc2C#N)CC[C@@H]1O. The van der Waals surface area contributed by atoms with E-state index in [4.69, 9.17) is 0 Å². The monoisotopic (exact) mass is 397 g/mol. The number of rotatable bonds is 6. The van der Waals surface area contributed by atoms with Crippen molar-refractivity contribution in [1.29, 1.82) is 5.26 Å². The molecule has 8 heteroatoms. The highest BCUT2D eigenvalue weighted by Gasteiger charge is 2.35. The summed E-state index contributed by atoms with van der Waals surface area (Å²) in [5.74, 6) is 0.888. The van der Waals surface area contributed by atoms with Gasteiger partial charge in [-0.15, -0.1) is 0 Å². The predicted molar refractivity (Wildman–Crippen MR) is 109 cm³/mol. The Morgan fingerprint density at radius 1 is 1.28 bits per heavy atom. The number of hydrogen-bond donors (Lipinski definition) is 5. The summed E-state index contributed by atoms with van der Waals surface area (Å²) < 4.78 is 0. The van der Waals surface area contributed by atoms with E-state index in [1.807, 2.05) is 13.8 Å². The summed E-state index contributed by atoms with van der Waals surface area (Å²) in [7, 11) is 0. The molecule has 5 N–H and O–H groups in total. The smallest absolute Gasteiger partial charge is 0.224 e. The van der Waals surface area contributed by atoms with Crippen molar-refractivity contribution in [3.63, 3.8) is 0 Å². The van der Waals surface area contributed by atoms with Crippen LogP contribution in [0.3, 0.4) is 0 Å². The molecule has 1 heterocycles. The second kappa shape index (κ2) is 8.64. The molecular formula is C21H27N5O3.